The number of hydrogen-bond acceptors (Lipinski definition) is 2. The molecule has 0 saturated carbocycles. The Balaban J connectivity index is 1.55. The Hall–Kier alpha value is -0.0800. The van der Waals surface area contributed by atoms with Crippen molar-refractivity contribution >= 4 is 0 Å². The molecule has 4 aliphatic rings. The minimum Gasteiger partial charge on any atom is -0.282 e. The topological polar surface area (TPSA) is 6.25 Å². The molecule has 4 rings (SSSR count). The van der Waals surface area contributed by atoms with Crippen molar-refractivity contribution < 1.29 is 0 Å². The molecule has 74 valence electrons. The molecule has 0 N–H and O–H groups in total. The summed E-state index contributed by atoms with van der Waals surface area (Å²) in [5.74, 6) is 0. The van der Waals surface area contributed by atoms with Gasteiger partial charge in [0.1, 0.15) is 0 Å². The van der Waals surface area contributed by atoms with Crippen molar-refractivity contribution in [3.63, 3.8) is 0 Å². The predicted molar refractivity (Wildman–Crippen MR) is 53.5 cm³/mol. The molecule has 13 heavy (non-hydrogen) atoms. The van der Waals surface area contributed by atoms with Crippen molar-refractivity contribution in [3.05, 3.63) is 0 Å². The summed E-state index contributed by atoms with van der Waals surface area (Å²) in [4.78, 5) is 5.43. The maximum atomic E-state index is 2.77. The molecule has 4 fully saturated rings. The van der Waals surface area contributed by atoms with Crippen molar-refractivity contribution in [3.8, 4) is 0 Å². The van der Waals surface area contributed by atoms with Gasteiger partial charge in [-0.05, 0) is 12.8 Å². The summed E-state index contributed by atoms with van der Waals surface area (Å²) < 4.78 is 0. The minimum atomic E-state index is 0.893. The molecule has 0 aromatic carbocycles. The fourth-order valence-corrected chi connectivity index (χ4v) is 3.17. The molecule has 0 radical (unpaired) electrons. The van der Waals surface area contributed by atoms with Crippen LogP contribution < -0.4 is 0 Å². The zero-order chi connectivity index (χ0) is 9.00. The Kier molecular flexibility index (Phi) is 1.72. The van der Waals surface area contributed by atoms with Gasteiger partial charge in [0.2, 0.25) is 0 Å². The first-order valence-corrected chi connectivity index (χ1v) is 5.91. The zero-order valence-corrected chi connectivity index (χ0v) is 8.74. The normalized spacial score (nSPS) is 47.5. The van der Waals surface area contributed by atoms with Crippen molar-refractivity contribution in [2.45, 2.75) is 63.8 Å². The summed E-state index contributed by atoms with van der Waals surface area (Å²) in [5.41, 5.74) is 0. The van der Waals surface area contributed by atoms with E-state index in [2.05, 4.69) is 23.6 Å². The van der Waals surface area contributed by atoms with Crippen LogP contribution in [0, 0.1) is 0 Å². The lowest BCUT2D eigenvalue weighted by Crippen LogP contribution is -2.34. The first-order valence-electron chi connectivity index (χ1n) is 5.91. The molecule has 4 unspecified atom stereocenters. The molecule has 2 nitrogen and oxygen atoms in total. The van der Waals surface area contributed by atoms with Gasteiger partial charge in [-0.15, -0.1) is 0 Å². The fourth-order valence-electron chi connectivity index (χ4n) is 3.17. The Morgan fingerprint density at radius 1 is 1.38 bits per heavy atom. The average Bonchev–Trinajstić information content (AvgIpc) is 2.96. The van der Waals surface area contributed by atoms with E-state index in [4.69, 9.17) is 0 Å². The highest BCUT2D eigenvalue weighted by Crippen LogP contribution is 2.60. The Morgan fingerprint density at radius 3 is 2.62 bits per heavy atom. The fraction of sp³-hybridized carbons (Fsp3) is 1.00. The smallest absolute Gasteiger partial charge is 0.0810 e. The molecular formula is C11H20N2. The maximum absolute atomic E-state index is 2.77. The number of nitrogens with zero attached hydrogens (tertiary/aromatic N) is 2. The van der Waals surface area contributed by atoms with Crippen LogP contribution in [0.4, 0.5) is 0 Å². The third-order valence-corrected chi connectivity index (χ3v) is 4.12. The number of fused-ring (bicyclic) bond motifs is 1. The number of piperazine rings is 1. The molecular weight excluding hydrogens is 160 g/mol. The van der Waals surface area contributed by atoms with E-state index in [0.717, 1.165) is 24.3 Å². The van der Waals surface area contributed by atoms with Crippen LogP contribution in [0.1, 0.15) is 39.5 Å². The van der Waals surface area contributed by atoms with E-state index >= 15 is 0 Å². The van der Waals surface area contributed by atoms with Crippen LogP contribution in [-0.4, -0.2) is 40.6 Å². The molecule has 4 heterocycles. The van der Waals surface area contributed by atoms with Crippen molar-refractivity contribution in [1.82, 2.24) is 9.80 Å². The molecule has 4 aliphatic heterocycles. The lowest BCUT2D eigenvalue weighted by atomic mass is 10.1. The lowest BCUT2D eigenvalue weighted by molar-refractivity contribution is 0.201. The van der Waals surface area contributed by atoms with Crippen molar-refractivity contribution in [2.75, 3.05) is 6.54 Å². The van der Waals surface area contributed by atoms with E-state index in [1.165, 1.54) is 32.2 Å². The van der Waals surface area contributed by atoms with E-state index < -0.39 is 0 Å². The standard InChI is InChI=1S/C11H20N2/c1-3-5-6-8(4-2)12-7-9-10-11(12)13(9)10/h8-11H,3-7H2,1-2H3/t8?,9?,10-,11?,13?/m1/s1. The summed E-state index contributed by atoms with van der Waals surface area (Å²) in [7, 11) is 0. The molecule has 0 spiro atoms. The average molecular weight is 180 g/mol. The van der Waals surface area contributed by atoms with Gasteiger partial charge >= 0.3 is 0 Å². The third kappa shape index (κ3) is 1.02. The lowest BCUT2D eigenvalue weighted by Gasteiger charge is -2.25. The quantitative estimate of drug-likeness (QED) is 0.594. The van der Waals surface area contributed by atoms with Gasteiger partial charge in [0.05, 0.1) is 12.2 Å². The van der Waals surface area contributed by atoms with Gasteiger partial charge in [0, 0.05) is 18.6 Å². The van der Waals surface area contributed by atoms with E-state index in [9.17, 15) is 0 Å². The summed E-state index contributed by atoms with van der Waals surface area (Å²) in [5, 5.41) is 0. The van der Waals surface area contributed by atoms with Crippen molar-refractivity contribution in [1.29, 1.82) is 0 Å². The third-order valence-electron chi connectivity index (χ3n) is 4.12. The highest BCUT2D eigenvalue weighted by atomic mass is 15.7. The van der Waals surface area contributed by atoms with Crippen LogP contribution in [-0.2, 0) is 0 Å². The Bertz CT molecular complexity index is 199. The SMILES string of the molecule is CCCCC(CC)N1CC2[C@@H]3C1N23. The largest absolute Gasteiger partial charge is 0.282 e. The van der Waals surface area contributed by atoms with Gasteiger partial charge in [-0.2, -0.15) is 0 Å². The molecule has 0 amide bonds. The predicted octanol–water partition coefficient (Wildman–Crippen LogP) is 1.66. The highest BCUT2D eigenvalue weighted by Gasteiger charge is 2.79. The molecule has 2 bridgehead atoms. The minimum absolute atomic E-state index is 0.893. The first kappa shape index (κ1) is 8.25. The second kappa shape index (κ2) is 2.71. The van der Waals surface area contributed by atoms with Crippen LogP contribution in [0.5, 0.6) is 0 Å². The Labute approximate surface area is 80.9 Å². The second-order valence-corrected chi connectivity index (χ2v) is 4.82. The maximum Gasteiger partial charge on any atom is 0.0810 e. The molecule has 0 aliphatic carbocycles. The second-order valence-electron chi connectivity index (χ2n) is 4.82. The zero-order valence-electron chi connectivity index (χ0n) is 8.74. The van der Waals surface area contributed by atoms with Gasteiger partial charge in [0.25, 0.3) is 0 Å². The molecule has 4 saturated heterocycles. The van der Waals surface area contributed by atoms with E-state index in [-0.39, 0.29) is 0 Å². The molecule has 0 aromatic rings. The van der Waals surface area contributed by atoms with Gasteiger partial charge < -0.3 is 0 Å². The molecule has 5 atom stereocenters. The summed E-state index contributed by atoms with van der Waals surface area (Å²) in [6.45, 7) is 6.03. The monoisotopic (exact) mass is 180 g/mol. The van der Waals surface area contributed by atoms with Crippen LogP contribution in [0.15, 0.2) is 0 Å². The van der Waals surface area contributed by atoms with Gasteiger partial charge in [-0.1, -0.05) is 26.7 Å². The highest BCUT2D eigenvalue weighted by molar-refractivity contribution is 5.32. The van der Waals surface area contributed by atoms with Crippen LogP contribution >= 0.6 is 0 Å². The number of unbranched alkanes of at least 4 members (excludes halogenated alkanes) is 1. The molecule has 2 heteroatoms. The van der Waals surface area contributed by atoms with E-state index in [0.29, 0.717) is 0 Å². The molecule has 0 aromatic heterocycles. The van der Waals surface area contributed by atoms with Crippen LogP contribution in [0.25, 0.3) is 0 Å². The van der Waals surface area contributed by atoms with Crippen LogP contribution in [0.3, 0.4) is 0 Å². The van der Waals surface area contributed by atoms with Gasteiger partial charge in [0.15, 0.2) is 0 Å². The number of rotatable bonds is 5. The van der Waals surface area contributed by atoms with Crippen molar-refractivity contribution in [2.24, 2.45) is 0 Å². The van der Waals surface area contributed by atoms with Crippen LogP contribution in [0.2, 0.25) is 0 Å². The van der Waals surface area contributed by atoms with Gasteiger partial charge in [-0.25, -0.2) is 0 Å². The first-order chi connectivity index (χ1) is 6.38. The van der Waals surface area contributed by atoms with Gasteiger partial charge in [-0.3, -0.25) is 9.80 Å². The summed E-state index contributed by atoms with van der Waals surface area (Å²) >= 11 is 0. The summed E-state index contributed by atoms with van der Waals surface area (Å²) in [6, 6.07) is 2.92. The Morgan fingerprint density at radius 2 is 2.15 bits per heavy atom. The number of hydrogen-bond donors (Lipinski definition) is 0. The van der Waals surface area contributed by atoms with E-state index in [1.807, 2.05) is 0 Å². The van der Waals surface area contributed by atoms with E-state index in [1.54, 1.807) is 0 Å². The summed E-state index contributed by atoms with van der Waals surface area (Å²) in [6.07, 6.45) is 6.45.